The third kappa shape index (κ3) is 3.48. The molecule has 1 heterocycles. The van der Waals surface area contributed by atoms with Gasteiger partial charge in [0.25, 0.3) is 0 Å². The van der Waals surface area contributed by atoms with Crippen LogP contribution in [0.25, 0.3) is 11.4 Å². The van der Waals surface area contributed by atoms with Crippen molar-refractivity contribution in [2.45, 2.75) is 19.1 Å². The average molecular weight is 310 g/mol. The van der Waals surface area contributed by atoms with Gasteiger partial charge < -0.3 is 9.26 Å². The zero-order valence-electron chi connectivity index (χ0n) is 12.2. The standard InChI is InChI=1S/C14H18N2O4S/c1-10-6-4-5-7-12(10)13-15-14(20-16-13)11(2)21(17,18)9-8-19-3/h4-7,11H,8-9H2,1-3H3. The maximum Gasteiger partial charge on any atom is 0.245 e. The molecule has 0 bridgehead atoms. The lowest BCUT2D eigenvalue weighted by molar-refractivity contribution is 0.217. The topological polar surface area (TPSA) is 82.3 Å². The number of methoxy groups -OCH3 is 1. The Kier molecular flexibility index (Phi) is 4.74. The highest BCUT2D eigenvalue weighted by molar-refractivity contribution is 7.91. The van der Waals surface area contributed by atoms with Crippen LogP contribution >= 0.6 is 0 Å². The molecule has 0 radical (unpaired) electrons. The summed E-state index contributed by atoms with van der Waals surface area (Å²) in [5.74, 6) is 0.425. The molecular formula is C14H18N2O4S. The summed E-state index contributed by atoms with van der Waals surface area (Å²) in [6.45, 7) is 3.62. The van der Waals surface area contributed by atoms with Crippen LogP contribution < -0.4 is 0 Å². The summed E-state index contributed by atoms with van der Waals surface area (Å²) >= 11 is 0. The van der Waals surface area contributed by atoms with Gasteiger partial charge in [0.2, 0.25) is 11.7 Å². The Hall–Kier alpha value is -1.73. The monoisotopic (exact) mass is 310 g/mol. The average Bonchev–Trinajstić information content (AvgIpc) is 2.94. The van der Waals surface area contributed by atoms with Gasteiger partial charge in [-0.2, -0.15) is 4.98 Å². The lowest BCUT2D eigenvalue weighted by Crippen LogP contribution is -2.17. The number of aryl methyl sites for hydroxylation is 1. The lowest BCUT2D eigenvalue weighted by atomic mass is 10.1. The molecule has 0 spiro atoms. The Balaban J connectivity index is 2.26. The molecule has 114 valence electrons. The van der Waals surface area contributed by atoms with E-state index in [-0.39, 0.29) is 18.3 Å². The van der Waals surface area contributed by atoms with Crippen LogP contribution in [-0.4, -0.2) is 38.0 Å². The van der Waals surface area contributed by atoms with E-state index in [0.29, 0.717) is 5.82 Å². The van der Waals surface area contributed by atoms with Gasteiger partial charge in [0.15, 0.2) is 9.84 Å². The van der Waals surface area contributed by atoms with E-state index in [1.807, 2.05) is 31.2 Å². The molecule has 1 aromatic carbocycles. The fourth-order valence-electron chi connectivity index (χ4n) is 1.86. The van der Waals surface area contributed by atoms with E-state index in [1.54, 1.807) is 6.92 Å². The number of aromatic nitrogens is 2. The van der Waals surface area contributed by atoms with Gasteiger partial charge in [0.1, 0.15) is 5.25 Å². The van der Waals surface area contributed by atoms with Crippen molar-refractivity contribution in [3.05, 3.63) is 35.7 Å². The molecule has 21 heavy (non-hydrogen) atoms. The van der Waals surface area contributed by atoms with Crippen molar-refractivity contribution in [3.63, 3.8) is 0 Å². The highest BCUT2D eigenvalue weighted by Gasteiger charge is 2.28. The van der Waals surface area contributed by atoms with E-state index >= 15 is 0 Å². The molecule has 0 aliphatic heterocycles. The molecule has 1 atom stereocenters. The molecular weight excluding hydrogens is 292 g/mol. The van der Waals surface area contributed by atoms with Gasteiger partial charge in [-0.3, -0.25) is 0 Å². The maximum absolute atomic E-state index is 12.1. The Morgan fingerprint density at radius 1 is 1.33 bits per heavy atom. The molecule has 6 nitrogen and oxygen atoms in total. The smallest absolute Gasteiger partial charge is 0.245 e. The molecule has 0 aliphatic carbocycles. The molecule has 0 aliphatic rings. The van der Waals surface area contributed by atoms with Crippen molar-refractivity contribution >= 4 is 9.84 Å². The summed E-state index contributed by atoms with van der Waals surface area (Å²) in [5, 5.41) is 3.03. The molecule has 1 unspecified atom stereocenters. The summed E-state index contributed by atoms with van der Waals surface area (Å²) in [6, 6.07) is 7.59. The summed E-state index contributed by atoms with van der Waals surface area (Å²) in [6.07, 6.45) is 0. The Morgan fingerprint density at radius 2 is 2.05 bits per heavy atom. The van der Waals surface area contributed by atoms with Crippen molar-refractivity contribution in [2.24, 2.45) is 0 Å². The van der Waals surface area contributed by atoms with Crippen LogP contribution in [0.4, 0.5) is 0 Å². The van der Waals surface area contributed by atoms with Gasteiger partial charge in [0, 0.05) is 12.7 Å². The van der Waals surface area contributed by atoms with E-state index in [2.05, 4.69) is 10.1 Å². The fourth-order valence-corrected chi connectivity index (χ4v) is 3.02. The Labute approximate surface area is 124 Å². The van der Waals surface area contributed by atoms with E-state index in [1.165, 1.54) is 7.11 Å². The second-order valence-electron chi connectivity index (χ2n) is 4.77. The van der Waals surface area contributed by atoms with Crippen molar-refractivity contribution in [2.75, 3.05) is 19.5 Å². The van der Waals surface area contributed by atoms with Crippen LogP contribution in [0.1, 0.15) is 23.6 Å². The van der Waals surface area contributed by atoms with E-state index in [0.717, 1.165) is 11.1 Å². The normalized spacial score (nSPS) is 13.3. The molecule has 0 saturated carbocycles. The zero-order valence-corrected chi connectivity index (χ0v) is 13.1. The van der Waals surface area contributed by atoms with Crippen molar-refractivity contribution in [3.8, 4) is 11.4 Å². The summed E-state index contributed by atoms with van der Waals surface area (Å²) in [4.78, 5) is 4.22. The number of benzene rings is 1. The largest absolute Gasteiger partial charge is 0.384 e. The molecule has 7 heteroatoms. The molecule has 0 fully saturated rings. The van der Waals surface area contributed by atoms with E-state index < -0.39 is 15.1 Å². The summed E-state index contributed by atoms with van der Waals surface area (Å²) in [5.41, 5.74) is 1.83. The molecule has 2 rings (SSSR count). The molecule has 0 N–H and O–H groups in total. The second kappa shape index (κ2) is 6.36. The van der Waals surface area contributed by atoms with Crippen LogP contribution in [-0.2, 0) is 14.6 Å². The minimum Gasteiger partial charge on any atom is -0.384 e. The molecule has 2 aromatic rings. The first-order valence-electron chi connectivity index (χ1n) is 6.56. The molecule has 0 amide bonds. The van der Waals surface area contributed by atoms with Crippen molar-refractivity contribution in [1.29, 1.82) is 0 Å². The predicted octanol–water partition coefficient (Wildman–Crippen LogP) is 2.17. The fraction of sp³-hybridized carbons (Fsp3) is 0.429. The van der Waals surface area contributed by atoms with Gasteiger partial charge >= 0.3 is 0 Å². The van der Waals surface area contributed by atoms with E-state index in [9.17, 15) is 8.42 Å². The van der Waals surface area contributed by atoms with Gasteiger partial charge in [0.05, 0.1) is 12.4 Å². The van der Waals surface area contributed by atoms with Gasteiger partial charge in [-0.05, 0) is 19.4 Å². The highest BCUT2D eigenvalue weighted by Crippen LogP contribution is 2.25. The number of ether oxygens (including phenoxy) is 1. The molecule has 0 saturated heterocycles. The third-order valence-corrected chi connectivity index (χ3v) is 5.30. The second-order valence-corrected chi connectivity index (χ2v) is 7.21. The number of hydrogen-bond acceptors (Lipinski definition) is 6. The Morgan fingerprint density at radius 3 is 2.71 bits per heavy atom. The van der Waals surface area contributed by atoms with Gasteiger partial charge in [-0.1, -0.05) is 29.4 Å². The first-order valence-corrected chi connectivity index (χ1v) is 8.27. The van der Waals surface area contributed by atoms with Crippen molar-refractivity contribution in [1.82, 2.24) is 10.1 Å². The predicted molar refractivity (Wildman–Crippen MR) is 78.5 cm³/mol. The zero-order chi connectivity index (χ0) is 15.5. The first kappa shape index (κ1) is 15.7. The SMILES string of the molecule is COCCS(=O)(=O)C(C)c1nc(-c2ccccc2C)no1. The van der Waals surface area contributed by atoms with E-state index in [4.69, 9.17) is 9.26 Å². The highest BCUT2D eigenvalue weighted by atomic mass is 32.2. The quantitative estimate of drug-likeness (QED) is 0.813. The lowest BCUT2D eigenvalue weighted by Gasteiger charge is -2.07. The third-order valence-electron chi connectivity index (χ3n) is 3.29. The minimum absolute atomic E-state index is 0.0766. The van der Waals surface area contributed by atoms with Gasteiger partial charge in [-0.25, -0.2) is 8.42 Å². The summed E-state index contributed by atoms with van der Waals surface area (Å²) < 4.78 is 34.1. The minimum atomic E-state index is -3.38. The Bertz CT molecular complexity index is 709. The van der Waals surface area contributed by atoms with Crippen LogP contribution in [0.2, 0.25) is 0 Å². The first-order chi connectivity index (χ1) is 9.95. The van der Waals surface area contributed by atoms with Crippen LogP contribution in [0.5, 0.6) is 0 Å². The number of sulfone groups is 1. The van der Waals surface area contributed by atoms with Crippen LogP contribution in [0.15, 0.2) is 28.8 Å². The number of rotatable bonds is 6. The number of nitrogens with zero attached hydrogens (tertiary/aromatic N) is 2. The van der Waals surface area contributed by atoms with Crippen LogP contribution in [0, 0.1) is 6.92 Å². The number of hydrogen-bond donors (Lipinski definition) is 0. The maximum atomic E-state index is 12.1. The summed E-state index contributed by atoms with van der Waals surface area (Å²) in [7, 11) is -1.91. The molecule has 1 aromatic heterocycles. The van der Waals surface area contributed by atoms with Gasteiger partial charge in [-0.15, -0.1) is 0 Å². The van der Waals surface area contributed by atoms with Crippen molar-refractivity contribution < 1.29 is 17.7 Å². The van der Waals surface area contributed by atoms with Crippen LogP contribution in [0.3, 0.4) is 0 Å².